The first-order chi connectivity index (χ1) is 14.6. The second kappa shape index (κ2) is 7.24. The molecule has 1 saturated heterocycles. The van der Waals surface area contributed by atoms with Crippen LogP contribution in [0.5, 0.6) is 0 Å². The van der Waals surface area contributed by atoms with Crippen LogP contribution in [0.4, 0.5) is 18.9 Å². The molecule has 11 heteroatoms. The number of carbonyl (C=O) groups excluding carboxylic acids is 1. The van der Waals surface area contributed by atoms with Crippen molar-refractivity contribution in [3.05, 3.63) is 59.2 Å². The number of ether oxygens (including phenoxy) is 2. The lowest BCUT2D eigenvalue weighted by Gasteiger charge is -2.39. The first-order valence-electron chi connectivity index (χ1n) is 9.13. The van der Waals surface area contributed by atoms with Gasteiger partial charge in [0.2, 0.25) is 0 Å². The number of nitrogens with zero attached hydrogens (tertiary/aromatic N) is 3. The van der Waals surface area contributed by atoms with Gasteiger partial charge < -0.3 is 20.5 Å². The Kier molecular flexibility index (Phi) is 4.82. The highest BCUT2D eigenvalue weighted by atomic mass is 19.3. The number of alkyl halides is 2. The molecule has 0 spiro atoms. The Bertz CT molecular complexity index is 1120. The highest BCUT2D eigenvalue weighted by Crippen LogP contribution is 2.46. The number of amidine groups is 1. The zero-order valence-corrected chi connectivity index (χ0v) is 16.1. The molecule has 0 aliphatic carbocycles. The molecule has 160 valence electrons. The summed E-state index contributed by atoms with van der Waals surface area (Å²) < 4.78 is 53.3. The molecule has 3 atom stereocenters. The molecule has 2 aliphatic rings. The maximum Gasteiger partial charge on any atom is 0.309 e. The van der Waals surface area contributed by atoms with Gasteiger partial charge >= 0.3 is 5.92 Å². The van der Waals surface area contributed by atoms with Crippen LogP contribution in [0.15, 0.2) is 41.5 Å². The number of hydrogen-bond donors (Lipinski definition) is 2. The summed E-state index contributed by atoms with van der Waals surface area (Å²) in [7, 11) is 0. The average molecular weight is 431 g/mol. The lowest BCUT2D eigenvalue weighted by atomic mass is 9.82. The van der Waals surface area contributed by atoms with E-state index in [2.05, 4.69) is 15.3 Å². The molecule has 0 radical (unpaired) electrons. The van der Waals surface area contributed by atoms with E-state index in [1.54, 1.807) is 0 Å². The van der Waals surface area contributed by atoms with Gasteiger partial charge in [-0.25, -0.2) is 14.4 Å². The number of halogens is 3. The van der Waals surface area contributed by atoms with Gasteiger partial charge in [-0.2, -0.15) is 14.0 Å². The number of aromatic nitrogens is 1. The summed E-state index contributed by atoms with van der Waals surface area (Å²) in [6.07, 6.45) is -1.78. The molecule has 3 N–H and O–H groups in total. The molecule has 2 aliphatic heterocycles. The number of benzene rings is 1. The fraction of sp³-hybridized carbons (Fsp3) is 0.300. The molecule has 1 aromatic heterocycles. The van der Waals surface area contributed by atoms with Crippen LogP contribution < -0.4 is 11.1 Å². The number of aliphatic imine (C=N–C) groups is 1. The quantitative estimate of drug-likeness (QED) is 0.769. The number of nitrogens with two attached hydrogens (primary N) is 1. The molecule has 3 heterocycles. The second-order valence-corrected chi connectivity index (χ2v) is 7.32. The van der Waals surface area contributed by atoms with Gasteiger partial charge in [0, 0.05) is 17.4 Å². The van der Waals surface area contributed by atoms with Crippen molar-refractivity contribution >= 4 is 17.6 Å². The predicted molar refractivity (Wildman–Crippen MR) is 102 cm³/mol. The summed E-state index contributed by atoms with van der Waals surface area (Å²) in [5.41, 5.74) is 4.38. The van der Waals surface area contributed by atoms with Crippen LogP contribution in [0.25, 0.3) is 0 Å². The first-order valence-corrected chi connectivity index (χ1v) is 9.13. The van der Waals surface area contributed by atoms with Gasteiger partial charge in [-0.3, -0.25) is 4.79 Å². The number of nitriles is 1. The average Bonchev–Trinajstić information content (AvgIpc) is 3.04. The minimum absolute atomic E-state index is 0.0308. The Morgan fingerprint density at radius 3 is 2.77 bits per heavy atom. The van der Waals surface area contributed by atoms with Crippen molar-refractivity contribution in [3.8, 4) is 6.07 Å². The molecule has 1 amide bonds. The van der Waals surface area contributed by atoms with Crippen LogP contribution in [-0.4, -0.2) is 41.7 Å². The third-order valence-corrected chi connectivity index (χ3v) is 5.19. The number of pyridine rings is 1. The van der Waals surface area contributed by atoms with Crippen molar-refractivity contribution in [2.24, 2.45) is 10.7 Å². The Balaban J connectivity index is 1.67. The van der Waals surface area contributed by atoms with E-state index < -0.39 is 48.0 Å². The van der Waals surface area contributed by atoms with Crippen molar-refractivity contribution in [2.75, 3.05) is 11.9 Å². The zero-order valence-electron chi connectivity index (χ0n) is 16.1. The molecule has 0 saturated carbocycles. The Morgan fingerprint density at radius 1 is 1.32 bits per heavy atom. The third kappa shape index (κ3) is 3.55. The molecular weight excluding hydrogens is 415 g/mol. The summed E-state index contributed by atoms with van der Waals surface area (Å²) >= 11 is 0. The van der Waals surface area contributed by atoms with Crippen molar-refractivity contribution in [3.63, 3.8) is 0 Å². The summed E-state index contributed by atoms with van der Waals surface area (Å²) in [6.45, 7) is 0.497. The number of rotatable bonds is 3. The summed E-state index contributed by atoms with van der Waals surface area (Å²) in [6, 6.07) is 7.82. The smallest absolute Gasteiger partial charge is 0.309 e. The highest BCUT2D eigenvalue weighted by Gasteiger charge is 2.62. The van der Waals surface area contributed by atoms with Crippen molar-refractivity contribution < 1.29 is 27.4 Å². The summed E-state index contributed by atoms with van der Waals surface area (Å²) in [4.78, 5) is 20.4. The number of carbonyl (C=O) groups is 1. The van der Waals surface area contributed by atoms with Crippen molar-refractivity contribution in [1.82, 2.24) is 4.98 Å². The molecule has 1 aromatic carbocycles. The third-order valence-electron chi connectivity index (χ3n) is 5.19. The maximum atomic E-state index is 14.8. The normalized spacial score (nSPS) is 26.2. The number of nitrogens with one attached hydrogen (secondary N) is 1. The minimum Gasteiger partial charge on any atom is -0.453 e. The van der Waals surface area contributed by atoms with Crippen LogP contribution in [0.3, 0.4) is 0 Å². The predicted octanol–water partition coefficient (Wildman–Crippen LogP) is 2.31. The largest absolute Gasteiger partial charge is 0.453 e. The fourth-order valence-electron chi connectivity index (χ4n) is 3.64. The Morgan fingerprint density at radius 2 is 2.10 bits per heavy atom. The van der Waals surface area contributed by atoms with Crippen LogP contribution in [0, 0.1) is 17.1 Å². The molecular formula is C20H16F3N5O3. The number of amides is 1. The topological polar surface area (TPSA) is 123 Å². The van der Waals surface area contributed by atoms with Crippen LogP contribution in [-0.2, 0) is 15.0 Å². The first kappa shape index (κ1) is 20.6. The maximum absolute atomic E-state index is 14.8. The SMILES string of the molecule is C[C@]1(c2cc(NC(=O)c3ccc(C#N)cn3)ccc2F)N=C(N)O[C@H]2[C@@H]1OCC2(F)F. The van der Waals surface area contributed by atoms with E-state index in [4.69, 9.17) is 20.5 Å². The van der Waals surface area contributed by atoms with Gasteiger partial charge in [0.25, 0.3) is 11.9 Å². The minimum atomic E-state index is -3.32. The van der Waals surface area contributed by atoms with E-state index in [0.29, 0.717) is 0 Å². The zero-order chi connectivity index (χ0) is 22.4. The van der Waals surface area contributed by atoms with E-state index in [1.165, 1.54) is 37.4 Å². The number of hydrogen-bond acceptors (Lipinski definition) is 7. The van der Waals surface area contributed by atoms with E-state index in [0.717, 1.165) is 6.07 Å². The van der Waals surface area contributed by atoms with E-state index in [9.17, 15) is 18.0 Å². The lowest BCUT2D eigenvalue weighted by Crippen LogP contribution is -2.54. The summed E-state index contributed by atoms with van der Waals surface area (Å²) in [5.74, 6) is -4.67. The van der Waals surface area contributed by atoms with Gasteiger partial charge in [0.15, 0.2) is 6.10 Å². The van der Waals surface area contributed by atoms with Gasteiger partial charge in [0.05, 0.1) is 5.56 Å². The molecule has 4 rings (SSSR count). The highest BCUT2D eigenvalue weighted by molar-refractivity contribution is 6.02. The molecule has 8 nitrogen and oxygen atoms in total. The molecule has 31 heavy (non-hydrogen) atoms. The monoisotopic (exact) mass is 431 g/mol. The Hall–Kier alpha value is -3.65. The van der Waals surface area contributed by atoms with Crippen LogP contribution in [0.1, 0.15) is 28.5 Å². The van der Waals surface area contributed by atoms with Crippen LogP contribution >= 0.6 is 0 Å². The van der Waals surface area contributed by atoms with Crippen molar-refractivity contribution in [2.45, 2.75) is 30.6 Å². The van der Waals surface area contributed by atoms with E-state index in [1.807, 2.05) is 6.07 Å². The standard InChI is InChI=1S/C20H16F3N5O3/c1-19(15-16(31-18(25)28-19)20(22,23)9-30-15)12-6-11(3-4-13(12)21)27-17(29)14-5-2-10(7-24)8-26-14/h2-6,8,15-16H,9H2,1H3,(H2,25,28)(H,27,29)/t15-,16-,19+/m0/s1. The number of fused-ring (bicyclic) bond motifs is 1. The van der Waals surface area contributed by atoms with Crippen molar-refractivity contribution in [1.29, 1.82) is 5.26 Å². The van der Waals surface area contributed by atoms with Gasteiger partial charge in [-0.1, -0.05) is 0 Å². The van der Waals surface area contributed by atoms with E-state index in [-0.39, 0.29) is 22.5 Å². The fourth-order valence-corrected chi connectivity index (χ4v) is 3.64. The van der Waals surface area contributed by atoms with Gasteiger partial charge in [-0.05, 0) is 37.3 Å². The number of anilines is 1. The lowest BCUT2D eigenvalue weighted by molar-refractivity contribution is -0.0876. The van der Waals surface area contributed by atoms with Gasteiger partial charge in [0.1, 0.15) is 35.8 Å². The molecule has 2 aromatic rings. The summed E-state index contributed by atoms with van der Waals surface area (Å²) in [5, 5.41) is 11.4. The van der Waals surface area contributed by atoms with E-state index >= 15 is 0 Å². The molecule has 1 fully saturated rings. The molecule has 0 unspecified atom stereocenters. The second-order valence-electron chi connectivity index (χ2n) is 7.32. The van der Waals surface area contributed by atoms with Crippen LogP contribution in [0.2, 0.25) is 0 Å². The molecule has 0 bridgehead atoms. The Labute approximate surface area is 174 Å². The van der Waals surface area contributed by atoms with Gasteiger partial charge in [-0.15, -0.1) is 0 Å².